The van der Waals surface area contributed by atoms with Gasteiger partial charge in [0, 0.05) is 19.3 Å². The molecule has 0 heterocycles. The van der Waals surface area contributed by atoms with E-state index in [0.717, 1.165) is 186 Å². The molecule has 460 valence electrons. The molecule has 0 spiro atoms. The quantitative estimate of drug-likeness (QED) is 0.0261. The van der Waals surface area contributed by atoms with Gasteiger partial charge < -0.3 is 14.2 Å². The van der Waals surface area contributed by atoms with E-state index in [-0.39, 0.29) is 31.1 Å². The Morgan fingerprint density at radius 2 is 0.476 bits per heavy atom. The van der Waals surface area contributed by atoms with Gasteiger partial charge in [0.2, 0.25) is 0 Å². The molecule has 0 aromatic rings. The fourth-order valence-corrected chi connectivity index (χ4v) is 8.54. The van der Waals surface area contributed by atoms with Crippen molar-refractivity contribution < 1.29 is 28.6 Å². The van der Waals surface area contributed by atoms with Crippen LogP contribution < -0.4 is 0 Å². The largest absolute Gasteiger partial charge is 0.462 e. The average molecular weight is 1130 g/mol. The molecule has 0 aliphatic rings. The summed E-state index contributed by atoms with van der Waals surface area (Å²) in [6, 6.07) is 0. The number of hydrogen-bond acceptors (Lipinski definition) is 6. The molecule has 1 atom stereocenters. The number of ether oxygens (including phenoxy) is 3. The first kappa shape index (κ1) is 76.8. The minimum Gasteiger partial charge on any atom is -0.462 e. The highest BCUT2D eigenvalue weighted by atomic mass is 16.6. The van der Waals surface area contributed by atoms with Gasteiger partial charge in [-0.1, -0.05) is 268 Å². The molecular formula is C76H120O6. The first-order valence-electron chi connectivity index (χ1n) is 33.1. The average Bonchev–Trinajstić information content (AvgIpc) is 3.47. The van der Waals surface area contributed by atoms with Crippen molar-refractivity contribution >= 4 is 17.9 Å². The highest BCUT2D eigenvalue weighted by Crippen LogP contribution is 2.14. The Balaban J connectivity index is 4.47. The second kappa shape index (κ2) is 68.3. The molecule has 0 bridgehead atoms. The predicted molar refractivity (Wildman–Crippen MR) is 357 cm³/mol. The van der Waals surface area contributed by atoms with Crippen molar-refractivity contribution in [3.8, 4) is 0 Å². The fraction of sp³-hybridized carbons (Fsp3) is 0.592. The molecule has 0 fully saturated rings. The van der Waals surface area contributed by atoms with Crippen LogP contribution in [0.1, 0.15) is 271 Å². The third kappa shape index (κ3) is 65.6. The van der Waals surface area contributed by atoms with E-state index >= 15 is 0 Å². The van der Waals surface area contributed by atoms with Gasteiger partial charge in [-0.3, -0.25) is 14.4 Å². The molecule has 0 saturated carbocycles. The Bertz CT molecular complexity index is 1870. The molecule has 0 amide bonds. The van der Waals surface area contributed by atoms with Crippen LogP contribution in [0.4, 0.5) is 0 Å². The first-order valence-corrected chi connectivity index (χ1v) is 33.1. The van der Waals surface area contributed by atoms with Crippen molar-refractivity contribution in [2.45, 2.75) is 277 Å². The Hall–Kier alpha value is -5.23. The number of carbonyl (C=O) groups excluding carboxylic acids is 3. The minimum absolute atomic E-state index is 0.106. The molecule has 0 aromatic carbocycles. The molecule has 0 saturated heterocycles. The van der Waals surface area contributed by atoms with E-state index in [1.807, 2.05) is 0 Å². The maximum Gasteiger partial charge on any atom is 0.306 e. The van der Waals surface area contributed by atoms with Gasteiger partial charge in [0.1, 0.15) is 13.2 Å². The van der Waals surface area contributed by atoms with Gasteiger partial charge in [0.05, 0.1) is 0 Å². The van der Waals surface area contributed by atoms with Crippen LogP contribution in [0, 0.1) is 0 Å². The summed E-state index contributed by atoms with van der Waals surface area (Å²) in [7, 11) is 0. The van der Waals surface area contributed by atoms with E-state index in [9.17, 15) is 14.4 Å². The highest BCUT2D eigenvalue weighted by molar-refractivity contribution is 5.71. The van der Waals surface area contributed by atoms with Crippen molar-refractivity contribution in [3.63, 3.8) is 0 Å². The molecule has 0 aromatic heterocycles. The molecule has 0 aliphatic carbocycles. The van der Waals surface area contributed by atoms with Gasteiger partial charge in [-0.15, -0.1) is 0 Å². The topological polar surface area (TPSA) is 78.9 Å². The summed E-state index contributed by atoms with van der Waals surface area (Å²) in [5.41, 5.74) is 0. The third-order valence-electron chi connectivity index (χ3n) is 13.4. The lowest BCUT2D eigenvalue weighted by molar-refractivity contribution is -0.167. The van der Waals surface area contributed by atoms with Crippen LogP contribution in [0.2, 0.25) is 0 Å². The summed E-state index contributed by atoms with van der Waals surface area (Å²) in [5.74, 6) is -0.962. The van der Waals surface area contributed by atoms with Gasteiger partial charge in [0.15, 0.2) is 6.10 Å². The molecule has 82 heavy (non-hydrogen) atoms. The summed E-state index contributed by atoms with van der Waals surface area (Å²) >= 11 is 0. The number of allylic oxidation sites excluding steroid dienone is 28. The number of unbranched alkanes of at least 4 members (excludes halogenated alkanes) is 19. The van der Waals surface area contributed by atoms with Gasteiger partial charge in [-0.25, -0.2) is 0 Å². The number of carbonyl (C=O) groups is 3. The van der Waals surface area contributed by atoms with Crippen LogP contribution in [0.3, 0.4) is 0 Å². The number of esters is 3. The monoisotopic (exact) mass is 1130 g/mol. The molecule has 6 heteroatoms. The number of hydrogen-bond donors (Lipinski definition) is 0. The molecule has 6 nitrogen and oxygen atoms in total. The molecule has 0 N–H and O–H groups in total. The fourth-order valence-electron chi connectivity index (χ4n) is 8.54. The Morgan fingerprint density at radius 1 is 0.256 bits per heavy atom. The molecule has 0 aliphatic heterocycles. The number of rotatable bonds is 58. The summed E-state index contributed by atoms with van der Waals surface area (Å²) in [5, 5.41) is 0. The van der Waals surface area contributed by atoms with Crippen molar-refractivity contribution in [1.29, 1.82) is 0 Å². The van der Waals surface area contributed by atoms with Gasteiger partial charge in [-0.05, 0) is 154 Å². The molecular weight excluding hydrogens is 1010 g/mol. The normalized spacial score (nSPS) is 13.3. The Kier molecular flexibility index (Phi) is 63.9. The zero-order valence-corrected chi connectivity index (χ0v) is 52.7. The Labute approximate surface area is 504 Å². The second-order valence-electron chi connectivity index (χ2n) is 21.3. The van der Waals surface area contributed by atoms with Gasteiger partial charge in [0.25, 0.3) is 0 Å². The van der Waals surface area contributed by atoms with Crippen LogP contribution in [0.5, 0.6) is 0 Å². The van der Waals surface area contributed by atoms with Crippen LogP contribution in [-0.4, -0.2) is 37.2 Å². The van der Waals surface area contributed by atoms with E-state index in [0.29, 0.717) is 19.3 Å². The summed E-state index contributed by atoms with van der Waals surface area (Å²) in [6.45, 7) is 6.36. The molecule has 0 rings (SSSR count). The van der Waals surface area contributed by atoms with Crippen molar-refractivity contribution in [3.05, 3.63) is 170 Å². The third-order valence-corrected chi connectivity index (χ3v) is 13.4. The van der Waals surface area contributed by atoms with Crippen LogP contribution in [0.15, 0.2) is 170 Å². The van der Waals surface area contributed by atoms with Crippen molar-refractivity contribution in [2.24, 2.45) is 0 Å². The minimum atomic E-state index is -0.813. The van der Waals surface area contributed by atoms with E-state index < -0.39 is 6.10 Å². The lowest BCUT2D eigenvalue weighted by Crippen LogP contribution is -2.30. The predicted octanol–water partition coefficient (Wildman–Crippen LogP) is 23.0. The smallest absolute Gasteiger partial charge is 0.306 e. The molecule has 1 unspecified atom stereocenters. The summed E-state index contributed by atoms with van der Waals surface area (Å²) < 4.78 is 16.9. The standard InChI is InChI=1S/C76H120O6/c1-4-7-10-13-16-19-22-25-28-30-32-34-35-36-37-38-39-40-41-43-44-46-48-51-54-57-60-63-66-69-75(78)81-72-73(71-80-74(77)68-65-62-59-56-53-50-27-24-21-18-15-12-9-6-3)82-76(79)70-67-64-61-58-55-52-49-47-45-42-33-31-29-26-23-20-17-14-11-8-5-2/h7-8,10-11,16-17,19-20,24-29,32-34,36-37,39-40,42-44,47-49,51,73H,4-6,9,12-15,18,21-23,30-31,35,38,41,45-46,50,52-72H2,1-3H3/b10-7-,11-8-,19-16-,20-17-,27-24-,28-25-,29-26-,34-32-,37-36-,40-39-,42-33-,44-43-,49-47-,51-48-. The summed E-state index contributed by atoms with van der Waals surface area (Å²) in [4.78, 5) is 38.4. The zero-order valence-electron chi connectivity index (χ0n) is 52.7. The summed E-state index contributed by atoms with van der Waals surface area (Å²) in [6.07, 6.45) is 101. The Morgan fingerprint density at radius 3 is 0.756 bits per heavy atom. The van der Waals surface area contributed by atoms with E-state index in [4.69, 9.17) is 14.2 Å². The maximum absolute atomic E-state index is 12.9. The lowest BCUT2D eigenvalue weighted by Gasteiger charge is -2.18. The van der Waals surface area contributed by atoms with Crippen molar-refractivity contribution in [1.82, 2.24) is 0 Å². The second-order valence-corrected chi connectivity index (χ2v) is 21.3. The molecule has 0 radical (unpaired) electrons. The van der Waals surface area contributed by atoms with Crippen LogP contribution in [-0.2, 0) is 28.6 Å². The first-order chi connectivity index (χ1) is 40.5. The van der Waals surface area contributed by atoms with Gasteiger partial charge >= 0.3 is 17.9 Å². The van der Waals surface area contributed by atoms with Crippen molar-refractivity contribution in [2.75, 3.05) is 13.2 Å². The SMILES string of the molecule is CC/C=C\C/C=C\C/C=C\C/C=C\C/C=C\C/C=C\C/C=C\C/C=C\CCCCCCC(=O)OCC(COC(=O)CCCCCCC/C=C\CCCCCCC)OC(=O)CCCCCCC/C=C\C/C=C\C/C=C\C/C=C\C/C=C\CC. The van der Waals surface area contributed by atoms with Crippen LogP contribution in [0.25, 0.3) is 0 Å². The highest BCUT2D eigenvalue weighted by Gasteiger charge is 2.19. The van der Waals surface area contributed by atoms with E-state index in [2.05, 4.69) is 191 Å². The van der Waals surface area contributed by atoms with Crippen LogP contribution >= 0.6 is 0 Å². The maximum atomic E-state index is 12.9. The van der Waals surface area contributed by atoms with E-state index in [1.165, 1.54) is 44.9 Å². The van der Waals surface area contributed by atoms with Gasteiger partial charge in [-0.2, -0.15) is 0 Å². The zero-order chi connectivity index (χ0) is 59.2. The lowest BCUT2D eigenvalue weighted by atomic mass is 10.1. The van der Waals surface area contributed by atoms with E-state index in [1.54, 1.807) is 0 Å².